The molecule has 0 bridgehead atoms. The van der Waals surface area contributed by atoms with E-state index in [1.54, 1.807) is 25.7 Å². The van der Waals surface area contributed by atoms with Crippen LogP contribution in [0, 0.1) is 13.8 Å². The molecule has 0 heterocycles. The van der Waals surface area contributed by atoms with Crippen LogP contribution in [0.1, 0.15) is 85.0 Å². The van der Waals surface area contributed by atoms with Gasteiger partial charge in [-0.3, -0.25) is 9.59 Å². The minimum absolute atomic E-state index is 0.0468. The van der Waals surface area contributed by atoms with E-state index in [0.29, 0.717) is 0 Å². The molecule has 0 saturated carbocycles. The standard InChI is InChI=1S/C26H43N3O4S/c1-16-12-13-18(17(2)14-16)20(21(30)28-24(3,4)5)29(25(6,7)8)22(31)19(15-34)27-23(32)33-26(9,10)11/h12-14,19-20,34H,15H2,1-11H3,(H,27,32)(H,28,30). The smallest absolute Gasteiger partial charge is 0.408 e. The molecule has 2 N–H and O–H groups in total. The summed E-state index contributed by atoms with van der Waals surface area (Å²) in [4.78, 5) is 41.6. The van der Waals surface area contributed by atoms with E-state index in [-0.39, 0.29) is 11.7 Å². The molecule has 2 atom stereocenters. The second-order valence-corrected chi connectivity index (χ2v) is 12.1. The summed E-state index contributed by atoms with van der Waals surface area (Å²) in [6.45, 7) is 20.5. The molecule has 0 aromatic heterocycles. The molecule has 1 aromatic carbocycles. The van der Waals surface area contributed by atoms with Crippen LogP contribution in [0.15, 0.2) is 18.2 Å². The molecule has 0 fully saturated rings. The number of carbonyl (C=O) groups is 3. The lowest BCUT2D eigenvalue weighted by Crippen LogP contribution is -2.60. The van der Waals surface area contributed by atoms with Crippen molar-refractivity contribution in [2.75, 3.05) is 5.75 Å². The van der Waals surface area contributed by atoms with Crippen molar-refractivity contribution in [3.63, 3.8) is 0 Å². The molecule has 0 saturated heterocycles. The third kappa shape index (κ3) is 8.85. The molecule has 1 aromatic rings. The number of nitrogens with one attached hydrogen (secondary N) is 2. The van der Waals surface area contributed by atoms with Gasteiger partial charge in [0.05, 0.1) is 0 Å². The topological polar surface area (TPSA) is 87.7 Å². The number of benzene rings is 1. The molecule has 0 aliphatic rings. The third-order valence-electron chi connectivity index (χ3n) is 4.86. The van der Waals surface area contributed by atoms with Crippen LogP contribution in [0.5, 0.6) is 0 Å². The number of nitrogens with zero attached hydrogens (tertiary/aromatic N) is 1. The van der Waals surface area contributed by atoms with Gasteiger partial charge in [-0.25, -0.2) is 4.79 Å². The van der Waals surface area contributed by atoms with Gasteiger partial charge in [-0.2, -0.15) is 12.6 Å². The number of hydrogen-bond acceptors (Lipinski definition) is 5. The van der Waals surface area contributed by atoms with Crippen molar-refractivity contribution in [2.45, 2.75) is 105 Å². The van der Waals surface area contributed by atoms with Crippen LogP contribution in [0.2, 0.25) is 0 Å². The molecule has 3 amide bonds. The Morgan fingerprint density at radius 2 is 1.56 bits per heavy atom. The van der Waals surface area contributed by atoms with Gasteiger partial charge in [0.1, 0.15) is 17.7 Å². The predicted octanol–water partition coefficient (Wildman–Crippen LogP) is 4.71. The van der Waals surface area contributed by atoms with Gasteiger partial charge >= 0.3 is 6.09 Å². The summed E-state index contributed by atoms with van der Waals surface area (Å²) in [5, 5.41) is 5.66. The minimum atomic E-state index is -0.979. The average molecular weight is 494 g/mol. The first-order chi connectivity index (χ1) is 15.3. The highest BCUT2D eigenvalue weighted by atomic mass is 32.1. The molecular formula is C26H43N3O4S. The van der Waals surface area contributed by atoms with Crippen molar-refractivity contribution >= 4 is 30.5 Å². The Morgan fingerprint density at radius 1 is 1.00 bits per heavy atom. The molecule has 34 heavy (non-hydrogen) atoms. The summed E-state index contributed by atoms with van der Waals surface area (Å²) in [5.74, 6) is -0.661. The fraction of sp³-hybridized carbons (Fsp3) is 0.654. The van der Waals surface area contributed by atoms with Crippen molar-refractivity contribution in [3.8, 4) is 0 Å². The largest absolute Gasteiger partial charge is 0.444 e. The average Bonchev–Trinajstić information content (AvgIpc) is 2.60. The normalized spacial score (nSPS) is 14.1. The van der Waals surface area contributed by atoms with E-state index in [9.17, 15) is 14.4 Å². The molecule has 2 unspecified atom stereocenters. The van der Waals surface area contributed by atoms with Crippen LogP contribution < -0.4 is 10.6 Å². The number of thiol groups is 1. The van der Waals surface area contributed by atoms with Crippen molar-refractivity contribution in [1.82, 2.24) is 15.5 Å². The molecule has 1 rings (SSSR count). The second kappa shape index (κ2) is 11.0. The van der Waals surface area contributed by atoms with Gasteiger partial charge in [-0.1, -0.05) is 23.8 Å². The number of rotatable bonds is 6. The van der Waals surface area contributed by atoms with Crippen molar-refractivity contribution < 1.29 is 19.1 Å². The highest BCUT2D eigenvalue weighted by Gasteiger charge is 2.42. The van der Waals surface area contributed by atoms with E-state index < -0.39 is 40.8 Å². The first kappa shape index (κ1) is 29.8. The maximum Gasteiger partial charge on any atom is 0.408 e. The molecule has 8 heteroatoms. The summed E-state index contributed by atoms with van der Waals surface area (Å²) in [5.41, 5.74) is 0.726. The zero-order valence-corrected chi connectivity index (χ0v) is 23.5. The Kier molecular flexibility index (Phi) is 9.66. The van der Waals surface area contributed by atoms with E-state index in [4.69, 9.17) is 4.74 Å². The van der Waals surface area contributed by atoms with Crippen molar-refractivity contribution in [1.29, 1.82) is 0 Å². The Hall–Kier alpha value is -2.22. The zero-order valence-electron chi connectivity index (χ0n) is 22.6. The van der Waals surface area contributed by atoms with Crippen LogP contribution in [0.3, 0.4) is 0 Å². The number of carbonyl (C=O) groups excluding carboxylic acids is 3. The molecule has 0 aliphatic carbocycles. The number of alkyl carbamates (subject to hydrolysis) is 1. The molecule has 192 valence electrons. The summed E-state index contributed by atoms with van der Waals surface area (Å²) in [6, 6.07) is 3.93. The van der Waals surface area contributed by atoms with E-state index >= 15 is 0 Å². The van der Waals surface area contributed by atoms with Gasteiger partial charge in [0, 0.05) is 16.8 Å². The van der Waals surface area contributed by atoms with Crippen LogP contribution in [0.4, 0.5) is 4.79 Å². The molecule has 0 aliphatic heterocycles. The SMILES string of the molecule is Cc1ccc(C(C(=O)NC(C)(C)C)N(C(=O)C(CS)NC(=O)OC(C)(C)C)C(C)(C)C)c(C)c1. The Morgan fingerprint density at radius 3 is 1.97 bits per heavy atom. The van der Waals surface area contributed by atoms with Gasteiger partial charge in [-0.15, -0.1) is 0 Å². The highest BCUT2D eigenvalue weighted by Crippen LogP contribution is 2.32. The first-order valence-corrected chi connectivity index (χ1v) is 12.2. The molecular weight excluding hydrogens is 450 g/mol. The summed E-state index contributed by atoms with van der Waals surface area (Å²) >= 11 is 4.32. The number of aryl methyl sites for hydroxylation is 2. The van der Waals surface area contributed by atoms with E-state index in [2.05, 4.69) is 23.3 Å². The maximum absolute atomic E-state index is 13.9. The first-order valence-electron chi connectivity index (χ1n) is 11.6. The van der Waals surface area contributed by atoms with E-state index in [1.807, 2.05) is 73.6 Å². The summed E-state index contributed by atoms with van der Waals surface area (Å²) in [6.07, 6.45) is -0.712. The lowest BCUT2D eigenvalue weighted by atomic mass is 9.91. The monoisotopic (exact) mass is 493 g/mol. The van der Waals surface area contributed by atoms with Crippen LogP contribution in [0.25, 0.3) is 0 Å². The van der Waals surface area contributed by atoms with Gasteiger partial charge in [0.25, 0.3) is 0 Å². The van der Waals surface area contributed by atoms with Gasteiger partial charge in [0.15, 0.2) is 0 Å². The third-order valence-corrected chi connectivity index (χ3v) is 5.22. The Balaban J connectivity index is 3.58. The van der Waals surface area contributed by atoms with E-state index in [0.717, 1.165) is 16.7 Å². The summed E-state index contributed by atoms with van der Waals surface area (Å²) in [7, 11) is 0. The lowest BCUT2D eigenvalue weighted by Gasteiger charge is -2.44. The minimum Gasteiger partial charge on any atom is -0.444 e. The zero-order chi connectivity index (χ0) is 26.6. The van der Waals surface area contributed by atoms with E-state index in [1.165, 1.54) is 0 Å². The van der Waals surface area contributed by atoms with Gasteiger partial charge in [0.2, 0.25) is 11.8 Å². The lowest BCUT2D eigenvalue weighted by molar-refractivity contribution is -0.148. The maximum atomic E-state index is 13.9. The molecule has 0 spiro atoms. The van der Waals surface area contributed by atoms with Crippen LogP contribution >= 0.6 is 12.6 Å². The number of amides is 3. The predicted molar refractivity (Wildman–Crippen MR) is 140 cm³/mol. The summed E-state index contributed by atoms with van der Waals surface area (Å²) < 4.78 is 5.34. The Bertz CT molecular complexity index is 895. The quantitative estimate of drug-likeness (QED) is 0.501. The van der Waals surface area contributed by atoms with Crippen LogP contribution in [-0.2, 0) is 14.3 Å². The molecule has 7 nitrogen and oxygen atoms in total. The van der Waals surface area contributed by atoms with Gasteiger partial charge < -0.3 is 20.3 Å². The molecule has 0 radical (unpaired) electrons. The second-order valence-electron chi connectivity index (χ2n) is 11.8. The number of hydrogen-bond donors (Lipinski definition) is 3. The van der Waals surface area contributed by atoms with Crippen molar-refractivity contribution in [2.24, 2.45) is 0 Å². The highest BCUT2D eigenvalue weighted by molar-refractivity contribution is 7.80. The van der Waals surface area contributed by atoms with Gasteiger partial charge in [-0.05, 0) is 87.3 Å². The fourth-order valence-corrected chi connectivity index (χ4v) is 3.86. The Labute approximate surface area is 210 Å². The van der Waals surface area contributed by atoms with Crippen molar-refractivity contribution in [3.05, 3.63) is 34.9 Å². The van der Waals surface area contributed by atoms with Crippen LogP contribution in [-0.4, -0.2) is 51.3 Å². The number of ether oxygens (including phenoxy) is 1. The fourth-order valence-electron chi connectivity index (χ4n) is 3.62.